The highest BCUT2D eigenvalue weighted by Gasteiger charge is 2.18. The molecule has 53 heavy (non-hydrogen) atoms. The van der Waals surface area contributed by atoms with Gasteiger partial charge in [-0.05, 0) is 85.9 Å². The Morgan fingerprint density at radius 1 is 0.377 bits per heavy atom. The van der Waals surface area contributed by atoms with Crippen LogP contribution in [-0.4, -0.2) is 15.0 Å². The van der Waals surface area contributed by atoms with Gasteiger partial charge in [-0.1, -0.05) is 127 Å². The third kappa shape index (κ3) is 4.73. The summed E-state index contributed by atoms with van der Waals surface area (Å²) >= 11 is 0. The molecule has 3 aromatic heterocycles. The molecule has 8 aromatic carbocycles. The highest BCUT2D eigenvalue weighted by atomic mass is 16.3. The molecule has 11 rings (SSSR count). The minimum absolute atomic E-state index is 0.689. The molecule has 0 bridgehead atoms. The molecule has 0 saturated heterocycles. The van der Waals surface area contributed by atoms with Crippen LogP contribution in [0, 0.1) is 0 Å². The third-order valence-electron chi connectivity index (χ3n) is 10.5. The Hall–Kier alpha value is -7.17. The van der Waals surface area contributed by atoms with E-state index in [9.17, 15) is 0 Å². The molecule has 0 fully saturated rings. The van der Waals surface area contributed by atoms with Gasteiger partial charge in [0.2, 0.25) is 0 Å². The van der Waals surface area contributed by atoms with Crippen LogP contribution in [-0.2, 0) is 0 Å². The number of furan rings is 1. The zero-order valence-corrected chi connectivity index (χ0v) is 28.5. The summed E-state index contributed by atoms with van der Waals surface area (Å²) in [5, 5.41) is 10.4. The number of hydrogen-bond donors (Lipinski definition) is 0. The van der Waals surface area contributed by atoms with Gasteiger partial charge in [0.05, 0.1) is 16.9 Å². The first-order valence-electron chi connectivity index (χ1n) is 17.8. The van der Waals surface area contributed by atoms with Gasteiger partial charge in [0.25, 0.3) is 0 Å². The number of benzene rings is 8. The predicted molar refractivity (Wildman–Crippen MR) is 219 cm³/mol. The molecule has 3 heterocycles. The lowest BCUT2D eigenvalue weighted by Gasteiger charge is -2.15. The van der Waals surface area contributed by atoms with Gasteiger partial charge in [-0.2, -0.15) is 0 Å². The molecule has 0 spiro atoms. The summed E-state index contributed by atoms with van der Waals surface area (Å²) in [6.07, 6.45) is 1.85. The fraction of sp³-hybridized carbons (Fsp3) is 0. The molecular weight excluding hydrogens is 647 g/mol. The summed E-state index contributed by atoms with van der Waals surface area (Å²) in [7, 11) is 0. The van der Waals surface area contributed by atoms with Crippen LogP contribution in [0.2, 0.25) is 0 Å². The highest BCUT2D eigenvalue weighted by molar-refractivity contribution is 6.20. The SMILES string of the molecule is c1ccc(-c2nc(-c3ccc4c(-c5cccc6oc7ccccc7c56)cccc4c3)cc(-c3cc4c5cccnc5ccc4c4ccccc34)n2)cc1. The van der Waals surface area contributed by atoms with Crippen molar-refractivity contribution in [2.75, 3.05) is 0 Å². The lowest BCUT2D eigenvalue weighted by molar-refractivity contribution is 0.669. The molecule has 4 heteroatoms. The van der Waals surface area contributed by atoms with Crippen LogP contribution in [0.1, 0.15) is 0 Å². The van der Waals surface area contributed by atoms with Crippen molar-refractivity contribution < 1.29 is 4.42 Å². The maximum atomic E-state index is 6.25. The monoisotopic (exact) mass is 675 g/mol. The van der Waals surface area contributed by atoms with Crippen molar-refractivity contribution in [2.24, 2.45) is 0 Å². The van der Waals surface area contributed by atoms with E-state index < -0.39 is 0 Å². The average molecular weight is 676 g/mol. The van der Waals surface area contributed by atoms with Gasteiger partial charge in [0.15, 0.2) is 5.82 Å². The van der Waals surface area contributed by atoms with Crippen molar-refractivity contribution in [3.8, 4) is 45.0 Å². The topological polar surface area (TPSA) is 51.8 Å². The lowest BCUT2D eigenvalue weighted by atomic mass is 9.92. The van der Waals surface area contributed by atoms with Crippen LogP contribution < -0.4 is 0 Å². The largest absolute Gasteiger partial charge is 0.456 e. The van der Waals surface area contributed by atoms with Crippen molar-refractivity contribution in [3.63, 3.8) is 0 Å². The van der Waals surface area contributed by atoms with E-state index in [1.54, 1.807) is 0 Å². The van der Waals surface area contributed by atoms with Crippen LogP contribution >= 0.6 is 0 Å². The molecular formula is C49H29N3O. The van der Waals surface area contributed by atoms with Crippen LogP contribution in [0.4, 0.5) is 0 Å². The summed E-state index contributed by atoms with van der Waals surface area (Å²) in [4.78, 5) is 15.1. The molecule has 0 amide bonds. The molecule has 246 valence electrons. The Bertz CT molecular complexity index is 3240. The van der Waals surface area contributed by atoms with Gasteiger partial charge in [-0.25, -0.2) is 9.97 Å². The number of aromatic nitrogens is 3. The van der Waals surface area contributed by atoms with E-state index in [2.05, 4.69) is 138 Å². The molecule has 4 nitrogen and oxygen atoms in total. The number of para-hydroxylation sites is 1. The van der Waals surface area contributed by atoms with Crippen molar-refractivity contribution >= 4 is 65.2 Å². The zero-order valence-electron chi connectivity index (χ0n) is 28.5. The Kier molecular flexibility index (Phi) is 6.52. The van der Waals surface area contributed by atoms with E-state index in [0.29, 0.717) is 5.82 Å². The molecule has 0 unspecified atom stereocenters. The van der Waals surface area contributed by atoms with Crippen molar-refractivity contribution in [2.45, 2.75) is 0 Å². The van der Waals surface area contributed by atoms with E-state index in [1.807, 2.05) is 42.6 Å². The maximum Gasteiger partial charge on any atom is 0.160 e. The molecule has 0 aliphatic carbocycles. The first kappa shape index (κ1) is 29.5. The molecule has 0 saturated carbocycles. The lowest BCUT2D eigenvalue weighted by Crippen LogP contribution is -1.97. The zero-order chi connectivity index (χ0) is 34.9. The second-order valence-electron chi connectivity index (χ2n) is 13.5. The van der Waals surface area contributed by atoms with E-state index in [0.717, 1.165) is 82.6 Å². The van der Waals surface area contributed by atoms with Crippen molar-refractivity contribution in [1.29, 1.82) is 0 Å². The van der Waals surface area contributed by atoms with Gasteiger partial charge in [0.1, 0.15) is 11.2 Å². The number of rotatable bonds is 4. The van der Waals surface area contributed by atoms with Crippen molar-refractivity contribution in [1.82, 2.24) is 15.0 Å². The minimum atomic E-state index is 0.689. The molecule has 0 atom stereocenters. The fourth-order valence-corrected chi connectivity index (χ4v) is 8.08. The Labute approximate surface area is 304 Å². The quantitative estimate of drug-likeness (QED) is 0.174. The van der Waals surface area contributed by atoms with E-state index >= 15 is 0 Å². The summed E-state index contributed by atoms with van der Waals surface area (Å²) in [6.45, 7) is 0. The van der Waals surface area contributed by atoms with E-state index in [-0.39, 0.29) is 0 Å². The average Bonchev–Trinajstić information content (AvgIpc) is 3.62. The van der Waals surface area contributed by atoms with Crippen LogP contribution in [0.25, 0.3) is 110 Å². The second kappa shape index (κ2) is 11.7. The molecule has 0 aliphatic rings. The van der Waals surface area contributed by atoms with Gasteiger partial charge < -0.3 is 4.42 Å². The van der Waals surface area contributed by atoms with Gasteiger partial charge in [-0.3, -0.25) is 4.98 Å². The summed E-state index contributed by atoms with van der Waals surface area (Å²) in [5.41, 5.74) is 9.90. The van der Waals surface area contributed by atoms with E-state index in [4.69, 9.17) is 14.4 Å². The maximum absolute atomic E-state index is 6.25. The highest BCUT2D eigenvalue weighted by Crippen LogP contribution is 2.41. The molecule has 11 aromatic rings. The third-order valence-corrected chi connectivity index (χ3v) is 10.5. The summed E-state index contributed by atoms with van der Waals surface area (Å²) < 4.78 is 6.25. The fourth-order valence-electron chi connectivity index (χ4n) is 8.08. The van der Waals surface area contributed by atoms with Crippen LogP contribution in [0.5, 0.6) is 0 Å². The number of fused-ring (bicyclic) bond motifs is 9. The standard InChI is InChI=1S/C49H29N3O/c1-2-11-30(12-3-1)49-51-44(29-45(52-49)42-28-41-37(35-14-4-5-15-36(35)42)24-25-43-38(41)19-10-26-50-43)32-22-23-33-31(27-32)13-8-17-34(33)39-18-9-21-47-48(39)40-16-6-7-20-46(40)53-47/h1-29H. The summed E-state index contributed by atoms with van der Waals surface area (Å²) in [6, 6.07) is 59.6. The summed E-state index contributed by atoms with van der Waals surface area (Å²) in [5.74, 6) is 0.689. The van der Waals surface area contributed by atoms with Gasteiger partial charge in [0, 0.05) is 39.0 Å². The smallest absolute Gasteiger partial charge is 0.160 e. The normalized spacial score (nSPS) is 11.8. The predicted octanol–water partition coefficient (Wildman–Crippen LogP) is 13.1. The first-order valence-corrected chi connectivity index (χ1v) is 17.8. The Balaban J connectivity index is 1.13. The minimum Gasteiger partial charge on any atom is -0.456 e. The van der Waals surface area contributed by atoms with Crippen molar-refractivity contribution in [3.05, 3.63) is 176 Å². The second-order valence-corrected chi connectivity index (χ2v) is 13.5. The molecule has 0 radical (unpaired) electrons. The molecule has 0 N–H and O–H groups in total. The Morgan fingerprint density at radius 2 is 1.09 bits per heavy atom. The van der Waals surface area contributed by atoms with Crippen LogP contribution in [0.15, 0.2) is 180 Å². The molecule has 0 aliphatic heterocycles. The van der Waals surface area contributed by atoms with E-state index in [1.165, 1.54) is 21.7 Å². The Morgan fingerprint density at radius 3 is 2.02 bits per heavy atom. The van der Waals surface area contributed by atoms with Gasteiger partial charge in [-0.15, -0.1) is 0 Å². The number of hydrogen-bond acceptors (Lipinski definition) is 4. The number of pyridine rings is 1. The number of nitrogens with zero attached hydrogens (tertiary/aromatic N) is 3. The van der Waals surface area contributed by atoms with Gasteiger partial charge >= 0.3 is 0 Å². The van der Waals surface area contributed by atoms with Crippen LogP contribution in [0.3, 0.4) is 0 Å². The first-order chi connectivity index (χ1) is 26.3.